The van der Waals surface area contributed by atoms with Gasteiger partial charge in [0.25, 0.3) is 0 Å². The zero-order valence-corrected chi connectivity index (χ0v) is 14.2. The molecule has 0 aliphatic heterocycles. The lowest BCUT2D eigenvalue weighted by molar-refractivity contribution is 0.696. The topological polar surface area (TPSA) is 12.9 Å². The summed E-state index contributed by atoms with van der Waals surface area (Å²) in [6.07, 6.45) is 4.15. The van der Waals surface area contributed by atoms with E-state index in [0.29, 0.717) is 5.92 Å². The molecular weight excluding hydrogens is 218 g/mol. The fraction of sp³-hybridized carbons (Fsp3) is 0.706. The van der Waals surface area contributed by atoms with Gasteiger partial charge in [0.2, 0.25) is 0 Å². The first kappa shape index (κ1) is 22.3. The smallest absolute Gasteiger partial charge is 0.0463 e. The van der Waals surface area contributed by atoms with Crippen LogP contribution in [0.15, 0.2) is 18.3 Å². The number of aromatic nitrogens is 1. The van der Waals surface area contributed by atoms with Crippen molar-refractivity contribution < 1.29 is 0 Å². The molecule has 1 unspecified atom stereocenters. The van der Waals surface area contributed by atoms with E-state index in [1.54, 1.807) is 0 Å². The molecule has 1 rings (SSSR count). The second-order valence-corrected chi connectivity index (χ2v) is 3.21. The Morgan fingerprint density at radius 2 is 1.50 bits per heavy atom. The summed E-state index contributed by atoms with van der Waals surface area (Å²) in [5, 5.41) is 0. The van der Waals surface area contributed by atoms with E-state index in [0.717, 1.165) is 6.42 Å². The van der Waals surface area contributed by atoms with Crippen LogP contribution < -0.4 is 0 Å². The molecule has 1 aromatic heterocycles. The summed E-state index contributed by atoms with van der Waals surface area (Å²) in [4.78, 5) is 4.42. The highest BCUT2D eigenvalue weighted by Gasteiger charge is 2.07. The summed E-state index contributed by atoms with van der Waals surface area (Å²) >= 11 is 0. The predicted octanol–water partition coefficient (Wildman–Crippen LogP) is 6.24. The third-order valence-electron chi connectivity index (χ3n) is 2.39. The first-order valence-corrected chi connectivity index (χ1v) is 7.73. The van der Waals surface area contributed by atoms with Crippen LogP contribution in [-0.4, -0.2) is 4.98 Å². The van der Waals surface area contributed by atoms with E-state index in [1.807, 2.05) is 53.8 Å². The van der Waals surface area contributed by atoms with Crippen molar-refractivity contribution in [3.8, 4) is 0 Å². The van der Waals surface area contributed by atoms with Crippen molar-refractivity contribution in [3.05, 3.63) is 29.6 Å². The van der Waals surface area contributed by atoms with E-state index in [1.165, 1.54) is 17.7 Å². The zero-order chi connectivity index (χ0) is 15.0. The third-order valence-corrected chi connectivity index (χ3v) is 2.39. The highest BCUT2D eigenvalue weighted by atomic mass is 14.7. The van der Waals surface area contributed by atoms with Crippen molar-refractivity contribution in [3.63, 3.8) is 0 Å². The van der Waals surface area contributed by atoms with Crippen LogP contribution in [0.1, 0.15) is 85.9 Å². The van der Waals surface area contributed by atoms with Crippen molar-refractivity contribution in [1.29, 1.82) is 0 Å². The summed E-state index contributed by atoms with van der Waals surface area (Å²) < 4.78 is 0. The van der Waals surface area contributed by atoms with Crippen molar-refractivity contribution in [2.75, 3.05) is 0 Å². The summed E-state index contributed by atoms with van der Waals surface area (Å²) in [5.41, 5.74) is 2.68. The lowest BCUT2D eigenvalue weighted by atomic mass is 9.98. The highest BCUT2D eigenvalue weighted by Crippen LogP contribution is 2.20. The van der Waals surface area contributed by atoms with Crippen molar-refractivity contribution in [2.24, 2.45) is 0 Å². The van der Waals surface area contributed by atoms with Gasteiger partial charge in [0.05, 0.1) is 0 Å². The van der Waals surface area contributed by atoms with Gasteiger partial charge in [-0.15, -0.1) is 0 Å². The Hall–Kier alpha value is -0.850. The van der Waals surface area contributed by atoms with E-state index in [-0.39, 0.29) is 0 Å². The van der Waals surface area contributed by atoms with Crippen LogP contribution in [0.2, 0.25) is 0 Å². The molecule has 1 aromatic rings. The Balaban J connectivity index is -0.000000328. The van der Waals surface area contributed by atoms with Gasteiger partial charge < -0.3 is 0 Å². The number of hydrogen-bond donors (Lipinski definition) is 0. The largest absolute Gasteiger partial charge is 0.261 e. The van der Waals surface area contributed by atoms with Crippen molar-refractivity contribution >= 4 is 0 Å². The van der Waals surface area contributed by atoms with E-state index in [9.17, 15) is 0 Å². The van der Waals surface area contributed by atoms with Crippen LogP contribution in [0.5, 0.6) is 0 Å². The summed E-state index contributed by atoms with van der Waals surface area (Å²) in [5.74, 6) is 0.598. The zero-order valence-electron chi connectivity index (χ0n) is 14.2. The van der Waals surface area contributed by atoms with E-state index < -0.39 is 0 Å². The molecule has 0 aliphatic rings. The molecule has 1 atom stereocenters. The predicted molar refractivity (Wildman–Crippen MR) is 86.4 cm³/mol. The minimum Gasteiger partial charge on any atom is -0.261 e. The van der Waals surface area contributed by atoms with E-state index >= 15 is 0 Å². The molecule has 0 spiro atoms. The minimum absolute atomic E-state index is 0.598. The molecule has 0 bridgehead atoms. The average molecular weight is 253 g/mol. The van der Waals surface area contributed by atoms with Gasteiger partial charge in [0, 0.05) is 11.9 Å². The molecule has 0 radical (unpaired) electrons. The molecule has 0 saturated carbocycles. The first-order valence-electron chi connectivity index (χ1n) is 7.73. The van der Waals surface area contributed by atoms with Gasteiger partial charge in [0.1, 0.15) is 0 Å². The SMILES string of the molecule is CC.CC.CC.CCc1cccnc1C(C)CC. The molecule has 18 heavy (non-hydrogen) atoms. The Labute approximate surface area is 116 Å². The number of pyridine rings is 1. The lowest BCUT2D eigenvalue weighted by Gasteiger charge is -2.11. The van der Waals surface area contributed by atoms with Crippen LogP contribution in [-0.2, 0) is 6.42 Å². The molecule has 0 aromatic carbocycles. The standard InChI is InChI=1S/C11H17N.3C2H6/c1-4-9(3)11-10(5-2)7-6-8-12-11;3*1-2/h6-9H,4-5H2,1-3H3;3*1-2H3. The number of hydrogen-bond acceptors (Lipinski definition) is 1. The molecule has 1 heteroatoms. The van der Waals surface area contributed by atoms with Gasteiger partial charge in [-0.2, -0.15) is 0 Å². The molecule has 0 aliphatic carbocycles. The quantitative estimate of drug-likeness (QED) is 0.621. The highest BCUT2D eigenvalue weighted by molar-refractivity contribution is 5.22. The van der Waals surface area contributed by atoms with Crippen LogP contribution in [0, 0.1) is 0 Å². The average Bonchev–Trinajstić information content (AvgIpc) is 2.52. The van der Waals surface area contributed by atoms with E-state index in [4.69, 9.17) is 0 Å². The van der Waals surface area contributed by atoms with Gasteiger partial charge in [-0.25, -0.2) is 0 Å². The fourth-order valence-electron chi connectivity index (χ4n) is 1.39. The first-order chi connectivity index (χ1) is 8.79. The molecule has 0 fully saturated rings. The summed E-state index contributed by atoms with van der Waals surface area (Å²) in [6.45, 7) is 18.6. The van der Waals surface area contributed by atoms with Crippen molar-refractivity contribution in [1.82, 2.24) is 4.98 Å². The second kappa shape index (κ2) is 18.5. The Morgan fingerprint density at radius 1 is 1.00 bits per heavy atom. The van der Waals surface area contributed by atoms with Crippen LogP contribution in [0.25, 0.3) is 0 Å². The molecule has 1 nitrogen and oxygen atoms in total. The molecule has 0 saturated heterocycles. The van der Waals surface area contributed by atoms with Gasteiger partial charge in [-0.1, -0.05) is 68.4 Å². The van der Waals surface area contributed by atoms with Gasteiger partial charge in [-0.05, 0) is 30.4 Å². The number of rotatable bonds is 3. The second-order valence-electron chi connectivity index (χ2n) is 3.21. The maximum absolute atomic E-state index is 4.42. The monoisotopic (exact) mass is 253 g/mol. The maximum atomic E-state index is 4.42. The van der Waals surface area contributed by atoms with Gasteiger partial charge in [-0.3, -0.25) is 4.98 Å². The van der Waals surface area contributed by atoms with Crippen LogP contribution in [0.3, 0.4) is 0 Å². The molecule has 1 heterocycles. The lowest BCUT2D eigenvalue weighted by Crippen LogP contribution is -2.00. The maximum Gasteiger partial charge on any atom is 0.0463 e. The third kappa shape index (κ3) is 9.21. The number of nitrogens with zero attached hydrogens (tertiary/aromatic N) is 1. The van der Waals surface area contributed by atoms with Crippen LogP contribution in [0.4, 0.5) is 0 Å². The minimum atomic E-state index is 0.598. The molecule has 0 amide bonds. The Bertz CT molecular complexity index is 243. The Kier molecular flexibility index (Phi) is 23.0. The van der Waals surface area contributed by atoms with Crippen molar-refractivity contribution in [2.45, 2.75) is 81.1 Å². The normalized spacial score (nSPS) is 9.61. The summed E-state index contributed by atoms with van der Waals surface area (Å²) in [7, 11) is 0. The fourth-order valence-corrected chi connectivity index (χ4v) is 1.39. The number of aryl methyl sites for hydroxylation is 1. The molecule has 108 valence electrons. The molecular formula is C17H35N. The van der Waals surface area contributed by atoms with E-state index in [2.05, 4.69) is 31.8 Å². The van der Waals surface area contributed by atoms with Crippen LogP contribution >= 0.6 is 0 Å². The summed E-state index contributed by atoms with van der Waals surface area (Å²) in [6, 6.07) is 4.19. The van der Waals surface area contributed by atoms with Gasteiger partial charge in [0.15, 0.2) is 0 Å². The Morgan fingerprint density at radius 3 is 1.89 bits per heavy atom. The van der Waals surface area contributed by atoms with Gasteiger partial charge >= 0.3 is 0 Å². The molecule has 0 N–H and O–H groups in total.